The van der Waals surface area contributed by atoms with Crippen molar-refractivity contribution in [1.82, 2.24) is 0 Å². The molecular weight excluding hydrogens is 263 g/mol. The number of benzene rings is 1. The van der Waals surface area contributed by atoms with E-state index in [0.29, 0.717) is 10.6 Å². The lowest BCUT2D eigenvalue weighted by Gasteiger charge is -2.04. The number of rotatable bonds is 3. The summed E-state index contributed by atoms with van der Waals surface area (Å²) in [6.45, 7) is 1.28. The molecule has 0 saturated carbocycles. The van der Waals surface area contributed by atoms with Crippen LogP contribution in [0.2, 0.25) is 10.0 Å². The van der Waals surface area contributed by atoms with Crippen molar-refractivity contribution in [2.24, 2.45) is 0 Å². The summed E-state index contributed by atoms with van der Waals surface area (Å²) < 4.78 is 4.51. The Kier molecular flexibility index (Phi) is 4.73. The van der Waals surface area contributed by atoms with Gasteiger partial charge in [-0.25, -0.2) is 4.79 Å². The summed E-state index contributed by atoms with van der Waals surface area (Å²) in [5.74, 6) is -1.10. The molecule has 5 heteroatoms. The van der Waals surface area contributed by atoms with Crippen LogP contribution in [0, 0.1) is 0 Å². The van der Waals surface area contributed by atoms with Gasteiger partial charge in [0.25, 0.3) is 0 Å². The summed E-state index contributed by atoms with van der Waals surface area (Å²) in [6.07, 6.45) is 1.36. The Morgan fingerprint density at radius 2 is 1.94 bits per heavy atom. The second-order valence-corrected chi connectivity index (χ2v) is 4.03. The van der Waals surface area contributed by atoms with Gasteiger partial charge in [-0.05, 0) is 24.6 Å². The molecule has 0 heterocycles. The first-order valence-corrected chi connectivity index (χ1v) is 5.48. The number of hydrogen-bond donors (Lipinski definition) is 0. The molecule has 1 aromatic carbocycles. The van der Waals surface area contributed by atoms with Gasteiger partial charge in [-0.15, -0.1) is 0 Å². The average Bonchev–Trinajstić information content (AvgIpc) is 2.29. The Labute approximate surface area is 109 Å². The van der Waals surface area contributed by atoms with E-state index in [1.807, 2.05) is 0 Å². The van der Waals surface area contributed by atoms with Crippen LogP contribution in [0.5, 0.6) is 0 Å². The highest BCUT2D eigenvalue weighted by Crippen LogP contribution is 2.27. The van der Waals surface area contributed by atoms with Gasteiger partial charge in [0.15, 0.2) is 5.78 Å². The van der Waals surface area contributed by atoms with Crippen LogP contribution in [0.4, 0.5) is 0 Å². The minimum absolute atomic E-state index is 0.0725. The van der Waals surface area contributed by atoms with E-state index in [0.717, 1.165) is 0 Å². The van der Waals surface area contributed by atoms with Gasteiger partial charge in [0, 0.05) is 0 Å². The Bertz CT molecular complexity index is 493. The maximum Gasteiger partial charge on any atom is 0.341 e. The smallest absolute Gasteiger partial charge is 0.341 e. The molecule has 0 N–H and O–H groups in total. The molecule has 0 aliphatic carbocycles. The Morgan fingerprint density at radius 3 is 2.47 bits per heavy atom. The molecule has 3 nitrogen and oxygen atoms in total. The molecule has 1 rings (SSSR count). The van der Waals surface area contributed by atoms with Crippen LogP contribution in [0.25, 0.3) is 6.08 Å². The number of halogens is 2. The van der Waals surface area contributed by atoms with Crippen molar-refractivity contribution in [2.45, 2.75) is 6.92 Å². The van der Waals surface area contributed by atoms with Crippen LogP contribution < -0.4 is 0 Å². The summed E-state index contributed by atoms with van der Waals surface area (Å²) >= 11 is 11.8. The third kappa shape index (κ3) is 3.32. The number of carbonyl (C=O) groups excluding carboxylic acids is 2. The lowest BCUT2D eigenvalue weighted by Crippen LogP contribution is -2.11. The average molecular weight is 273 g/mol. The summed E-state index contributed by atoms with van der Waals surface area (Å²) in [6, 6.07) is 4.95. The first kappa shape index (κ1) is 13.7. The van der Waals surface area contributed by atoms with Crippen molar-refractivity contribution in [2.75, 3.05) is 7.11 Å². The minimum Gasteiger partial charge on any atom is -0.465 e. The van der Waals surface area contributed by atoms with Gasteiger partial charge in [-0.1, -0.05) is 35.3 Å². The third-order valence-corrected chi connectivity index (χ3v) is 2.90. The maximum absolute atomic E-state index is 11.4. The van der Waals surface area contributed by atoms with Crippen LogP contribution in [-0.4, -0.2) is 18.9 Å². The molecule has 0 amide bonds. The second-order valence-electron chi connectivity index (χ2n) is 3.25. The fourth-order valence-corrected chi connectivity index (χ4v) is 1.56. The van der Waals surface area contributed by atoms with E-state index >= 15 is 0 Å². The van der Waals surface area contributed by atoms with Crippen LogP contribution in [0.15, 0.2) is 23.8 Å². The van der Waals surface area contributed by atoms with Crippen molar-refractivity contribution in [3.63, 3.8) is 0 Å². The summed E-state index contributed by atoms with van der Waals surface area (Å²) in [5.41, 5.74) is 0.423. The van der Waals surface area contributed by atoms with E-state index in [1.54, 1.807) is 18.2 Å². The summed E-state index contributed by atoms with van der Waals surface area (Å²) in [4.78, 5) is 22.7. The van der Waals surface area contributed by atoms with Crippen LogP contribution >= 0.6 is 23.2 Å². The van der Waals surface area contributed by atoms with Crippen molar-refractivity contribution < 1.29 is 14.3 Å². The normalized spacial score (nSPS) is 11.2. The standard InChI is InChI=1S/C12H10Cl2O3/c1-7(15)9(12(16)17-2)6-8-4-3-5-10(13)11(8)14/h3-6H,1-2H3/b9-6-. The molecule has 1 aromatic rings. The van der Waals surface area contributed by atoms with Crippen LogP contribution in [0.1, 0.15) is 12.5 Å². The summed E-state index contributed by atoms with van der Waals surface area (Å²) in [5, 5.41) is 0.644. The quantitative estimate of drug-likeness (QED) is 0.368. The molecule has 0 aliphatic heterocycles. The molecule has 90 valence electrons. The first-order valence-electron chi connectivity index (χ1n) is 4.72. The van der Waals surface area contributed by atoms with E-state index in [2.05, 4.69) is 4.74 Å². The fraction of sp³-hybridized carbons (Fsp3) is 0.167. The Morgan fingerprint density at radius 1 is 1.29 bits per heavy atom. The van der Waals surface area contributed by atoms with Gasteiger partial charge in [0.1, 0.15) is 5.57 Å². The Hall–Kier alpha value is -1.32. The zero-order valence-electron chi connectivity index (χ0n) is 9.29. The lowest BCUT2D eigenvalue weighted by molar-refractivity contribution is -0.137. The van der Waals surface area contributed by atoms with Gasteiger partial charge >= 0.3 is 5.97 Å². The van der Waals surface area contributed by atoms with Crippen molar-refractivity contribution in [1.29, 1.82) is 0 Å². The molecule has 0 radical (unpaired) electrons. The zero-order valence-corrected chi connectivity index (χ0v) is 10.8. The SMILES string of the molecule is COC(=O)/C(=C\c1cccc(Cl)c1Cl)C(C)=O. The number of ketones is 1. The third-order valence-electron chi connectivity index (χ3n) is 2.07. The maximum atomic E-state index is 11.4. The molecule has 0 unspecified atom stereocenters. The number of ether oxygens (including phenoxy) is 1. The molecule has 0 fully saturated rings. The predicted molar refractivity (Wildman–Crippen MR) is 67.1 cm³/mol. The van der Waals surface area contributed by atoms with Gasteiger partial charge < -0.3 is 4.74 Å². The van der Waals surface area contributed by atoms with Crippen LogP contribution in [-0.2, 0) is 14.3 Å². The molecule has 0 atom stereocenters. The lowest BCUT2D eigenvalue weighted by atomic mass is 10.1. The zero-order chi connectivity index (χ0) is 13.0. The van der Waals surface area contributed by atoms with E-state index < -0.39 is 11.8 Å². The highest BCUT2D eigenvalue weighted by atomic mass is 35.5. The number of hydrogen-bond acceptors (Lipinski definition) is 3. The molecule has 0 aliphatic rings. The monoisotopic (exact) mass is 272 g/mol. The predicted octanol–water partition coefficient (Wildman–Crippen LogP) is 3.14. The number of Topliss-reactive ketones (excluding diaryl/α,β-unsaturated/α-hetero) is 1. The molecule has 17 heavy (non-hydrogen) atoms. The van der Waals surface area contributed by atoms with Crippen LogP contribution in [0.3, 0.4) is 0 Å². The van der Waals surface area contributed by atoms with Gasteiger partial charge in [-0.3, -0.25) is 4.79 Å². The van der Waals surface area contributed by atoms with Gasteiger partial charge in [-0.2, -0.15) is 0 Å². The van der Waals surface area contributed by atoms with Gasteiger partial charge in [0.2, 0.25) is 0 Å². The number of carbonyl (C=O) groups is 2. The van der Waals surface area contributed by atoms with Crippen molar-refractivity contribution in [3.05, 3.63) is 39.4 Å². The van der Waals surface area contributed by atoms with Gasteiger partial charge in [0.05, 0.1) is 17.2 Å². The molecule has 0 bridgehead atoms. The topological polar surface area (TPSA) is 43.4 Å². The number of esters is 1. The molecular formula is C12H10Cl2O3. The highest BCUT2D eigenvalue weighted by Gasteiger charge is 2.15. The molecule has 0 spiro atoms. The van der Waals surface area contributed by atoms with E-state index in [9.17, 15) is 9.59 Å². The van der Waals surface area contributed by atoms with Crippen molar-refractivity contribution in [3.8, 4) is 0 Å². The fourth-order valence-electron chi connectivity index (χ4n) is 1.20. The van der Waals surface area contributed by atoms with Crippen molar-refractivity contribution >= 4 is 41.0 Å². The minimum atomic E-state index is -0.700. The Balaban J connectivity index is 3.27. The summed E-state index contributed by atoms with van der Waals surface area (Å²) in [7, 11) is 1.21. The number of methoxy groups -OCH3 is 1. The molecule has 0 saturated heterocycles. The molecule has 0 aromatic heterocycles. The van der Waals surface area contributed by atoms with E-state index in [1.165, 1.54) is 20.1 Å². The van der Waals surface area contributed by atoms with E-state index in [4.69, 9.17) is 23.2 Å². The first-order chi connectivity index (χ1) is 7.97. The van der Waals surface area contributed by atoms with E-state index in [-0.39, 0.29) is 10.6 Å². The highest BCUT2D eigenvalue weighted by molar-refractivity contribution is 6.43. The largest absolute Gasteiger partial charge is 0.465 e. The second kappa shape index (κ2) is 5.84.